The van der Waals surface area contributed by atoms with Gasteiger partial charge in [-0.25, -0.2) is 0 Å². The molecule has 110 valence electrons. The van der Waals surface area contributed by atoms with Crippen LogP contribution in [0.2, 0.25) is 0 Å². The fraction of sp³-hybridized carbons (Fsp3) is 0.278. The van der Waals surface area contributed by atoms with Gasteiger partial charge in [0.15, 0.2) is 5.11 Å². The van der Waals surface area contributed by atoms with Crippen molar-refractivity contribution in [2.75, 3.05) is 10.6 Å². The Kier molecular flexibility index (Phi) is 4.97. The van der Waals surface area contributed by atoms with Crippen molar-refractivity contribution in [1.82, 2.24) is 0 Å². The Morgan fingerprint density at radius 3 is 2.19 bits per heavy atom. The molecule has 0 heterocycles. The van der Waals surface area contributed by atoms with E-state index in [1.807, 2.05) is 12.1 Å². The van der Waals surface area contributed by atoms with Gasteiger partial charge in [-0.3, -0.25) is 0 Å². The zero-order valence-electron chi connectivity index (χ0n) is 13.0. The Morgan fingerprint density at radius 1 is 0.905 bits per heavy atom. The highest BCUT2D eigenvalue weighted by molar-refractivity contribution is 7.80. The van der Waals surface area contributed by atoms with Crippen molar-refractivity contribution in [3.8, 4) is 0 Å². The van der Waals surface area contributed by atoms with Crippen molar-refractivity contribution < 1.29 is 0 Å². The summed E-state index contributed by atoms with van der Waals surface area (Å²) < 4.78 is 0. The first-order valence-electron chi connectivity index (χ1n) is 7.21. The molecule has 0 bridgehead atoms. The molecule has 0 unspecified atom stereocenters. The molecule has 0 aliphatic heterocycles. The molecule has 2 rings (SSSR count). The van der Waals surface area contributed by atoms with Gasteiger partial charge in [0.05, 0.1) is 0 Å². The monoisotopic (exact) mass is 298 g/mol. The van der Waals surface area contributed by atoms with Crippen LogP contribution in [0.25, 0.3) is 0 Å². The molecular weight excluding hydrogens is 276 g/mol. The molecule has 0 aliphatic carbocycles. The van der Waals surface area contributed by atoms with E-state index in [1.165, 1.54) is 16.7 Å². The summed E-state index contributed by atoms with van der Waals surface area (Å²) in [5.74, 6) is 0.507. The van der Waals surface area contributed by atoms with Crippen LogP contribution in [-0.2, 0) is 0 Å². The number of anilines is 2. The standard InChI is InChI=1S/C18H22N2S/c1-12(2)15-6-5-7-16(11-15)19-18(21)20-17-9-8-13(3)14(4)10-17/h5-12H,1-4H3,(H2,19,20,21). The molecule has 0 spiro atoms. The highest BCUT2D eigenvalue weighted by Gasteiger charge is 2.03. The van der Waals surface area contributed by atoms with Gasteiger partial charge in [-0.2, -0.15) is 0 Å². The summed E-state index contributed by atoms with van der Waals surface area (Å²) in [5, 5.41) is 7.08. The fourth-order valence-electron chi connectivity index (χ4n) is 2.09. The number of nitrogens with one attached hydrogen (secondary N) is 2. The molecule has 0 saturated carbocycles. The SMILES string of the molecule is Cc1ccc(NC(=S)Nc2cccc(C(C)C)c2)cc1C. The van der Waals surface area contributed by atoms with Gasteiger partial charge >= 0.3 is 0 Å². The first-order valence-corrected chi connectivity index (χ1v) is 7.62. The molecule has 3 heteroatoms. The molecule has 0 atom stereocenters. The lowest BCUT2D eigenvalue weighted by Crippen LogP contribution is -2.19. The van der Waals surface area contributed by atoms with E-state index in [9.17, 15) is 0 Å². The van der Waals surface area contributed by atoms with Crippen molar-refractivity contribution in [2.24, 2.45) is 0 Å². The van der Waals surface area contributed by atoms with Crippen LogP contribution in [0, 0.1) is 13.8 Å². The third-order valence-corrected chi connectivity index (χ3v) is 3.78. The number of thiocarbonyl (C=S) groups is 1. The predicted molar refractivity (Wildman–Crippen MR) is 96.3 cm³/mol. The third kappa shape index (κ3) is 4.30. The van der Waals surface area contributed by atoms with Gasteiger partial charge in [0.2, 0.25) is 0 Å². The molecule has 0 fully saturated rings. The normalized spacial score (nSPS) is 10.5. The lowest BCUT2D eigenvalue weighted by atomic mass is 10.0. The molecule has 2 N–H and O–H groups in total. The van der Waals surface area contributed by atoms with Crippen molar-refractivity contribution in [3.63, 3.8) is 0 Å². The summed E-state index contributed by atoms with van der Waals surface area (Å²) in [6.07, 6.45) is 0. The Labute approximate surface area is 132 Å². The summed E-state index contributed by atoms with van der Waals surface area (Å²) in [4.78, 5) is 0. The van der Waals surface area contributed by atoms with E-state index in [1.54, 1.807) is 0 Å². The van der Waals surface area contributed by atoms with Crippen LogP contribution in [0.15, 0.2) is 42.5 Å². The molecule has 0 aromatic heterocycles. The van der Waals surface area contributed by atoms with E-state index in [0.717, 1.165) is 11.4 Å². The Hall–Kier alpha value is -1.87. The molecule has 2 aromatic carbocycles. The Bertz CT molecular complexity index is 647. The second-order valence-corrected chi connectivity index (χ2v) is 6.07. The van der Waals surface area contributed by atoms with Gasteiger partial charge in [-0.1, -0.05) is 32.0 Å². The maximum absolute atomic E-state index is 5.38. The molecule has 0 aliphatic rings. The predicted octanol–water partition coefficient (Wildman–Crippen LogP) is 5.24. The van der Waals surface area contributed by atoms with Crippen LogP contribution in [-0.4, -0.2) is 5.11 Å². The van der Waals surface area contributed by atoms with Crippen molar-refractivity contribution in [3.05, 3.63) is 59.2 Å². The number of hydrogen-bond donors (Lipinski definition) is 2. The van der Waals surface area contributed by atoms with Crippen molar-refractivity contribution >= 4 is 28.7 Å². The third-order valence-electron chi connectivity index (χ3n) is 3.58. The van der Waals surface area contributed by atoms with E-state index in [4.69, 9.17) is 12.2 Å². The van der Waals surface area contributed by atoms with E-state index in [-0.39, 0.29) is 0 Å². The van der Waals surface area contributed by atoms with E-state index in [2.05, 4.69) is 68.7 Å². The minimum Gasteiger partial charge on any atom is -0.332 e. The first kappa shape index (κ1) is 15.5. The largest absolute Gasteiger partial charge is 0.332 e. The quantitative estimate of drug-likeness (QED) is 0.758. The van der Waals surface area contributed by atoms with Gasteiger partial charge in [0, 0.05) is 11.4 Å². The summed E-state index contributed by atoms with van der Waals surface area (Å²) in [5.41, 5.74) is 5.86. The highest BCUT2D eigenvalue weighted by Crippen LogP contribution is 2.19. The fourth-order valence-corrected chi connectivity index (χ4v) is 2.32. The molecule has 0 radical (unpaired) electrons. The van der Waals surface area contributed by atoms with Crippen molar-refractivity contribution in [1.29, 1.82) is 0 Å². The van der Waals surface area contributed by atoms with E-state index >= 15 is 0 Å². The van der Waals surface area contributed by atoms with Gasteiger partial charge in [-0.05, 0) is 72.9 Å². The van der Waals surface area contributed by atoms with Crippen LogP contribution in [0.4, 0.5) is 11.4 Å². The Balaban J connectivity index is 2.04. The number of rotatable bonds is 3. The summed E-state index contributed by atoms with van der Waals surface area (Å²) in [7, 11) is 0. The van der Waals surface area contributed by atoms with Crippen LogP contribution in [0.1, 0.15) is 36.5 Å². The van der Waals surface area contributed by atoms with E-state index in [0.29, 0.717) is 11.0 Å². The minimum atomic E-state index is 0.507. The maximum Gasteiger partial charge on any atom is 0.175 e. The number of aryl methyl sites for hydroxylation is 2. The first-order chi connectivity index (χ1) is 9.95. The van der Waals surface area contributed by atoms with Crippen LogP contribution < -0.4 is 10.6 Å². The van der Waals surface area contributed by atoms with Crippen LogP contribution in [0.3, 0.4) is 0 Å². The lowest BCUT2D eigenvalue weighted by molar-refractivity contribution is 0.867. The zero-order valence-corrected chi connectivity index (χ0v) is 13.8. The molecular formula is C18H22N2S. The summed E-state index contributed by atoms with van der Waals surface area (Å²) in [6.45, 7) is 8.58. The smallest absolute Gasteiger partial charge is 0.175 e. The second-order valence-electron chi connectivity index (χ2n) is 5.66. The molecule has 0 saturated heterocycles. The average Bonchev–Trinajstić information content (AvgIpc) is 2.43. The number of hydrogen-bond acceptors (Lipinski definition) is 1. The highest BCUT2D eigenvalue weighted by atomic mass is 32.1. The zero-order chi connectivity index (χ0) is 15.4. The number of benzene rings is 2. The van der Waals surface area contributed by atoms with Gasteiger partial charge < -0.3 is 10.6 Å². The summed E-state index contributed by atoms with van der Waals surface area (Å²) >= 11 is 5.38. The average molecular weight is 298 g/mol. The minimum absolute atomic E-state index is 0.507. The molecule has 2 aromatic rings. The Morgan fingerprint density at radius 2 is 1.57 bits per heavy atom. The topological polar surface area (TPSA) is 24.1 Å². The lowest BCUT2D eigenvalue weighted by Gasteiger charge is -2.13. The van der Waals surface area contributed by atoms with Gasteiger partial charge in [0.1, 0.15) is 0 Å². The van der Waals surface area contributed by atoms with Gasteiger partial charge in [0.25, 0.3) is 0 Å². The second kappa shape index (κ2) is 6.72. The molecule has 0 amide bonds. The maximum atomic E-state index is 5.38. The molecule has 21 heavy (non-hydrogen) atoms. The van der Waals surface area contributed by atoms with Crippen LogP contribution >= 0.6 is 12.2 Å². The van der Waals surface area contributed by atoms with Crippen molar-refractivity contribution in [2.45, 2.75) is 33.6 Å². The molecule has 2 nitrogen and oxygen atoms in total. The summed E-state index contributed by atoms with van der Waals surface area (Å²) in [6, 6.07) is 14.6. The van der Waals surface area contributed by atoms with Gasteiger partial charge in [-0.15, -0.1) is 0 Å². The van der Waals surface area contributed by atoms with Crippen LogP contribution in [0.5, 0.6) is 0 Å². The van der Waals surface area contributed by atoms with E-state index < -0.39 is 0 Å².